The van der Waals surface area contributed by atoms with Gasteiger partial charge < -0.3 is 19.8 Å². The molecule has 1 aromatic heterocycles. The van der Waals surface area contributed by atoms with Gasteiger partial charge in [0.25, 0.3) is 0 Å². The molecule has 0 saturated carbocycles. The summed E-state index contributed by atoms with van der Waals surface area (Å²) in [7, 11) is 0. The summed E-state index contributed by atoms with van der Waals surface area (Å²) in [5.41, 5.74) is 2.47. The molecule has 0 spiro atoms. The second-order valence-corrected chi connectivity index (χ2v) is 8.62. The van der Waals surface area contributed by atoms with E-state index in [1.807, 2.05) is 0 Å². The number of ether oxygens (including phenoxy) is 1. The first-order valence-electron chi connectivity index (χ1n) is 10.8. The number of aliphatic imine (C=N–C) groups is 1. The first-order chi connectivity index (χ1) is 14.4. The molecule has 2 heterocycles. The first-order valence-corrected chi connectivity index (χ1v) is 10.8. The van der Waals surface area contributed by atoms with Crippen molar-refractivity contribution in [1.29, 1.82) is 0 Å². The van der Waals surface area contributed by atoms with Crippen molar-refractivity contribution >= 4 is 5.96 Å². The van der Waals surface area contributed by atoms with Crippen molar-refractivity contribution in [2.24, 2.45) is 4.99 Å². The van der Waals surface area contributed by atoms with Gasteiger partial charge in [0.2, 0.25) is 5.89 Å². The van der Waals surface area contributed by atoms with Gasteiger partial charge in [0.05, 0.1) is 32.5 Å². The fraction of sp³-hybridized carbons (Fsp3) is 0.565. The monoisotopic (exact) mass is 413 g/mol. The number of nitrogens with one attached hydrogen (secondary N) is 2. The molecular weight excluding hydrogens is 378 g/mol. The largest absolute Gasteiger partial charge is 0.443 e. The van der Waals surface area contributed by atoms with Crippen LogP contribution in [0.25, 0.3) is 0 Å². The van der Waals surface area contributed by atoms with Crippen LogP contribution in [0.2, 0.25) is 0 Å². The number of oxazole rings is 1. The molecule has 2 aromatic rings. The van der Waals surface area contributed by atoms with E-state index in [0.29, 0.717) is 19.0 Å². The fourth-order valence-electron chi connectivity index (χ4n) is 3.18. The molecule has 7 heteroatoms. The maximum absolute atomic E-state index is 5.85. The van der Waals surface area contributed by atoms with E-state index >= 15 is 0 Å². The summed E-state index contributed by atoms with van der Waals surface area (Å²) in [5, 5.41) is 6.58. The highest BCUT2D eigenvalue weighted by molar-refractivity contribution is 5.79. The molecular formula is C23H35N5O2. The summed E-state index contributed by atoms with van der Waals surface area (Å²) in [5.74, 6) is 2.31. The van der Waals surface area contributed by atoms with E-state index in [-0.39, 0.29) is 5.41 Å². The summed E-state index contributed by atoms with van der Waals surface area (Å²) < 4.78 is 11.3. The molecule has 1 aliphatic heterocycles. The number of hydrogen-bond donors (Lipinski definition) is 2. The van der Waals surface area contributed by atoms with E-state index < -0.39 is 0 Å². The molecule has 0 bridgehead atoms. The Labute approximate surface area is 179 Å². The number of hydrogen-bond acceptors (Lipinski definition) is 5. The highest BCUT2D eigenvalue weighted by atomic mass is 16.5. The second kappa shape index (κ2) is 10.6. The van der Waals surface area contributed by atoms with Gasteiger partial charge in [-0.25, -0.2) is 9.98 Å². The molecule has 164 valence electrons. The Bertz CT molecular complexity index is 802. The third kappa shape index (κ3) is 6.85. The van der Waals surface area contributed by atoms with Crippen LogP contribution in [0.15, 0.2) is 39.9 Å². The number of nitrogens with zero attached hydrogens (tertiary/aromatic N) is 3. The summed E-state index contributed by atoms with van der Waals surface area (Å²) in [6, 6.07) is 8.71. The standard InChI is InChI=1S/C23H35N5O2/c1-5-24-22(27-16-21-25-15-20(30-21)23(2,3)4)26-14-18-6-8-19(9-7-18)17-28-10-12-29-13-11-28/h6-9,15H,5,10-14,16-17H2,1-4H3,(H2,24,26,27). The lowest BCUT2D eigenvalue weighted by molar-refractivity contribution is 0.0342. The van der Waals surface area contributed by atoms with Gasteiger partial charge in [-0.15, -0.1) is 0 Å². The molecule has 0 aliphatic carbocycles. The van der Waals surface area contributed by atoms with Gasteiger partial charge in [0.15, 0.2) is 5.96 Å². The van der Waals surface area contributed by atoms with E-state index in [2.05, 4.69) is 72.5 Å². The summed E-state index contributed by atoms with van der Waals surface area (Å²) in [6.45, 7) is 15.0. The SMILES string of the molecule is CCNC(=NCc1ccc(CN2CCOCC2)cc1)NCc1ncc(C(C)(C)C)o1. The smallest absolute Gasteiger partial charge is 0.213 e. The van der Waals surface area contributed by atoms with Crippen molar-refractivity contribution in [2.75, 3.05) is 32.8 Å². The average Bonchev–Trinajstić information content (AvgIpc) is 3.22. The van der Waals surface area contributed by atoms with Gasteiger partial charge in [-0.2, -0.15) is 0 Å². The van der Waals surface area contributed by atoms with Gasteiger partial charge in [-0.05, 0) is 18.1 Å². The Morgan fingerprint density at radius 2 is 1.80 bits per heavy atom. The number of aromatic nitrogens is 1. The Morgan fingerprint density at radius 3 is 2.43 bits per heavy atom. The van der Waals surface area contributed by atoms with Gasteiger partial charge in [-0.3, -0.25) is 4.90 Å². The van der Waals surface area contributed by atoms with Gasteiger partial charge in [-0.1, -0.05) is 45.0 Å². The normalized spacial score (nSPS) is 15.9. The van der Waals surface area contributed by atoms with Crippen molar-refractivity contribution < 1.29 is 9.15 Å². The molecule has 2 N–H and O–H groups in total. The van der Waals surface area contributed by atoms with Crippen LogP contribution in [0.3, 0.4) is 0 Å². The molecule has 1 aliphatic rings. The summed E-state index contributed by atoms with van der Waals surface area (Å²) in [6.07, 6.45) is 1.81. The van der Waals surface area contributed by atoms with E-state index in [1.54, 1.807) is 6.20 Å². The highest BCUT2D eigenvalue weighted by Gasteiger charge is 2.19. The lowest BCUT2D eigenvalue weighted by atomic mass is 9.94. The molecule has 1 aromatic carbocycles. The Balaban J connectivity index is 1.52. The lowest BCUT2D eigenvalue weighted by Crippen LogP contribution is -2.36. The van der Waals surface area contributed by atoms with Crippen LogP contribution in [-0.2, 0) is 29.8 Å². The van der Waals surface area contributed by atoms with Crippen molar-refractivity contribution in [3.63, 3.8) is 0 Å². The molecule has 0 radical (unpaired) electrons. The fourth-order valence-corrected chi connectivity index (χ4v) is 3.18. The van der Waals surface area contributed by atoms with E-state index in [9.17, 15) is 0 Å². The Kier molecular flexibility index (Phi) is 7.87. The maximum atomic E-state index is 5.85. The zero-order chi connectivity index (χ0) is 21.4. The average molecular weight is 414 g/mol. The minimum absolute atomic E-state index is 0.0439. The zero-order valence-electron chi connectivity index (χ0n) is 18.7. The Hall–Kier alpha value is -2.38. The summed E-state index contributed by atoms with van der Waals surface area (Å²) >= 11 is 0. The maximum Gasteiger partial charge on any atom is 0.213 e. The van der Waals surface area contributed by atoms with Crippen molar-refractivity contribution in [2.45, 2.75) is 52.7 Å². The minimum atomic E-state index is -0.0439. The minimum Gasteiger partial charge on any atom is -0.443 e. The highest BCUT2D eigenvalue weighted by Crippen LogP contribution is 2.22. The van der Waals surface area contributed by atoms with Crippen LogP contribution in [0.5, 0.6) is 0 Å². The van der Waals surface area contributed by atoms with Gasteiger partial charge in [0.1, 0.15) is 5.76 Å². The van der Waals surface area contributed by atoms with Crippen LogP contribution in [0, 0.1) is 0 Å². The zero-order valence-corrected chi connectivity index (χ0v) is 18.7. The quantitative estimate of drug-likeness (QED) is 0.537. The summed E-state index contributed by atoms with van der Waals surface area (Å²) in [4.78, 5) is 11.5. The lowest BCUT2D eigenvalue weighted by Gasteiger charge is -2.26. The molecule has 3 rings (SSSR count). The van der Waals surface area contributed by atoms with Crippen LogP contribution in [0.1, 0.15) is 50.5 Å². The number of rotatable bonds is 7. The third-order valence-electron chi connectivity index (χ3n) is 5.00. The number of guanidine groups is 1. The van der Waals surface area contributed by atoms with Crippen molar-refractivity contribution in [3.8, 4) is 0 Å². The van der Waals surface area contributed by atoms with Gasteiger partial charge >= 0.3 is 0 Å². The molecule has 30 heavy (non-hydrogen) atoms. The van der Waals surface area contributed by atoms with Crippen LogP contribution in [-0.4, -0.2) is 48.7 Å². The molecule has 7 nitrogen and oxygen atoms in total. The van der Waals surface area contributed by atoms with Crippen molar-refractivity contribution in [3.05, 3.63) is 53.2 Å². The third-order valence-corrected chi connectivity index (χ3v) is 5.00. The molecule has 0 atom stereocenters. The van der Waals surface area contributed by atoms with E-state index in [0.717, 1.165) is 51.1 Å². The molecule has 0 amide bonds. The topological polar surface area (TPSA) is 74.9 Å². The van der Waals surface area contributed by atoms with Crippen LogP contribution in [0.4, 0.5) is 0 Å². The number of benzene rings is 1. The molecule has 1 saturated heterocycles. The van der Waals surface area contributed by atoms with E-state index in [4.69, 9.17) is 14.1 Å². The predicted molar refractivity (Wildman–Crippen MR) is 119 cm³/mol. The molecule has 0 unspecified atom stereocenters. The predicted octanol–water partition coefficient (Wildman–Crippen LogP) is 3.06. The van der Waals surface area contributed by atoms with Crippen molar-refractivity contribution in [1.82, 2.24) is 20.5 Å². The van der Waals surface area contributed by atoms with Gasteiger partial charge in [0, 0.05) is 31.6 Å². The van der Waals surface area contributed by atoms with Crippen LogP contribution >= 0.6 is 0 Å². The number of morpholine rings is 1. The first kappa shape index (κ1) is 22.3. The molecule has 1 fully saturated rings. The van der Waals surface area contributed by atoms with E-state index in [1.165, 1.54) is 11.1 Å². The second-order valence-electron chi connectivity index (χ2n) is 8.62. The Morgan fingerprint density at radius 1 is 1.10 bits per heavy atom. The van der Waals surface area contributed by atoms with Crippen LogP contribution < -0.4 is 10.6 Å².